The van der Waals surface area contributed by atoms with Crippen molar-refractivity contribution in [2.75, 3.05) is 6.61 Å². The van der Waals surface area contributed by atoms with Crippen LogP contribution < -0.4 is 5.32 Å². The first-order chi connectivity index (χ1) is 10.2. The molecular weight excluding hydrogens is 306 g/mol. The van der Waals surface area contributed by atoms with Gasteiger partial charge < -0.3 is 10.4 Å². The average molecular weight is 320 g/mol. The molecule has 0 aliphatic carbocycles. The lowest BCUT2D eigenvalue weighted by Crippen LogP contribution is -2.23. The van der Waals surface area contributed by atoms with Crippen LogP contribution in [-0.2, 0) is 6.54 Å². The van der Waals surface area contributed by atoms with Crippen LogP contribution in [-0.4, -0.2) is 17.6 Å². The summed E-state index contributed by atoms with van der Waals surface area (Å²) in [6, 6.07) is 10.9. The summed E-state index contributed by atoms with van der Waals surface area (Å²) in [5, 5.41) is 11.6. The quantitative estimate of drug-likeness (QED) is 0.851. The van der Waals surface area contributed by atoms with Crippen LogP contribution in [0.5, 0.6) is 0 Å². The van der Waals surface area contributed by atoms with E-state index in [1.165, 1.54) is 11.3 Å². The van der Waals surface area contributed by atoms with Gasteiger partial charge in [0.1, 0.15) is 0 Å². The Hall–Kier alpha value is -1.80. The summed E-state index contributed by atoms with van der Waals surface area (Å²) < 4.78 is 0.703. The smallest absolute Gasteiger partial charge is 0.252 e. The van der Waals surface area contributed by atoms with E-state index in [-0.39, 0.29) is 12.5 Å². The summed E-state index contributed by atoms with van der Waals surface area (Å²) in [4.78, 5) is 13.2. The molecule has 2 N–H and O–H groups in total. The highest BCUT2D eigenvalue weighted by Crippen LogP contribution is 2.21. The molecule has 0 unspecified atom stereocenters. The molecule has 1 aromatic carbocycles. The van der Waals surface area contributed by atoms with Gasteiger partial charge in [-0.25, -0.2) is 0 Å². The Kier molecular flexibility index (Phi) is 5.82. The van der Waals surface area contributed by atoms with Crippen LogP contribution in [0.4, 0.5) is 0 Å². The zero-order valence-corrected chi connectivity index (χ0v) is 12.8. The maximum atomic E-state index is 12.2. The Balaban J connectivity index is 2.07. The SMILES string of the molecule is O=C(NCc1ccc(Cl)s1)c1ccccc1C#CCCO. The van der Waals surface area contributed by atoms with Crippen molar-refractivity contribution in [3.8, 4) is 11.8 Å². The van der Waals surface area contributed by atoms with Gasteiger partial charge in [0, 0.05) is 16.9 Å². The van der Waals surface area contributed by atoms with E-state index >= 15 is 0 Å². The first kappa shape index (κ1) is 15.6. The molecule has 2 aromatic rings. The second kappa shape index (κ2) is 7.84. The van der Waals surface area contributed by atoms with E-state index < -0.39 is 0 Å². The van der Waals surface area contributed by atoms with Crippen LogP contribution in [0.15, 0.2) is 36.4 Å². The van der Waals surface area contributed by atoms with Crippen molar-refractivity contribution in [2.45, 2.75) is 13.0 Å². The minimum absolute atomic E-state index is 0.0144. The van der Waals surface area contributed by atoms with Crippen molar-refractivity contribution in [1.29, 1.82) is 0 Å². The number of hydrogen-bond acceptors (Lipinski definition) is 3. The van der Waals surface area contributed by atoms with Gasteiger partial charge >= 0.3 is 0 Å². The summed E-state index contributed by atoms with van der Waals surface area (Å²) in [5.74, 6) is 5.56. The lowest BCUT2D eigenvalue weighted by atomic mass is 10.1. The summed E-state index contributed by atoms with van der Waals surface area (Å²) in [7, 11) is 0. The highest BCUT2D eigenvalue weighted by Gasteiger charge is 2.09. The minimum Gasteiger partial charge on any atom is -0.395 e. The summed E-state index contributed by atoms with van der Waals surface area (Å²) in [6.45, 7) is 0.453. The van der Waals surface area contributed by atoms with E-state index in [4.69, 9.17) is 16.7 Å². The molecule has 0 aliphatic rings. The lowest BCUT2D eigenvalue weighted by Gasteiger charge is -2.05. The number of carbonyl (C=O) groups is 1. The van der Waals surface area contributed by atoms with E-state index in [0.717, 1.165) is 4.88 Å². The third kappa shape index (κ3) is 4.61. The van der Waals surface area contributed by atoms with Crippen LogP contribution >= 0.6 is 22.9 Å². The second-order valence-corrected chi connectivity index (χ2v) is 6.01. The molecule has 1 aromatic heterocycles. The predicted molar refractivity (Wildman–Crippen MR) is 85.5 cm³/mol. The molecule has 0 fully saturated rings. The monoisotopic (exact) mass is 319 g/mol. The molecule has 0 saturated carbocycles. The zero-order chi connectivity index (χ0) is 15.1. The number of nitrogens with one attached hydrogen (secondary N) is 1. The van der Waals surface area contributed by atoms with E-state index in [0.29, 0.717) is 28.4 Å². The Labute approximate surface area is 132 Å². The molecule has 0 atom stereocenters. The third-order valence-electron chi connectivity index (χ3n) is 2.68. The van der Waals surface area contributed by atoms with Gasteiger partial charge in [-0.2, -0.15) is 0 Å². The largest absolute Gasteiger partial charge is 0.395 e. The molecule has 2 rings (SSSR count). The van der Waals surface area contributed by atoms with Gasteiger partial charge in [0.15, 0.2) is 0 Å². The van der Waals surface area contributed by atoms with E-state index in [2.05, 4.69) is 17.2 Å². The molecule has 5 heteroatoms. The van der Waals surface area contributed by atoms with E-state index in [9.17, 15) is 4.79 Å². The lowest BCUT2D eigenvalue weighted by molar-refractivity contribution is 0.0951. The number of benzene rings is 1. The molecule has 0 bridgehead atoms. The molecule has 108 valence electrons. The Bertz CT molecular complexity index is 685. The molecule has 21 heavy (non-hydrogen) atoms. The topological polar surface area (TPSA) is 49.3 Å². The minimum atomic E-state index is -0.173. The normalized spacial score (nSPS) is 9.81. The van der Waals surface area contributed by atoms with Gasteiger partial charge in [-0.15, -0.1) is 11.3 Å². The summed E-state index contributed by atoms with van der Waals surface area (Å²) in [5.41, 5.74) is 1.19. The molecule has 1 heterocycles. The molecule has 0 spiro atoms. The Morgan fingerprint density at radius 1 is 1.29 bits per heavy atom. The number of aliphatic hydroxyl groups is 1. The van der Waals surface area contributed by atoms with Crippen LogP contribution in [0.1, 0.15) is 27.2 Å². The summed E-state index contributed by atoms with van der Waals surface area (Å²) in [6.07, 6.45) is 0.393. The number of hydrogen-bond donors (Lipinski definition) is 2. The van der Waals surface area contributed by atoms with Crippen molar-refractivity contribution < 1.29 is 9.90 Å². The number of amides is 1. The van der Waals surface area contributed by atoms with Crippen LogP contribution in [0.3, 0.4) is 0 Å². The van der Waals surface area contributed by atoms with Crippen molar-refractivity contribution in [3.05, 3.63) is 56.7 Å². The number of rotatable bonds is 4. The number of halogens is 1. The van der Waals surface area contributed by atoms with E-state index in [1.54, 1.807) is 18.2 Å². The average Bonchev–Trinajstić information content (AvgIpc) is 2.91. The molecule has 0 saturated heterocycles. The fraction of sp³-hybridized carbons (Fsp3) is 0.188. The molecule has 3 nitrogen and oxygen atoms in total. The first-order valence-electron chi connectivity index (χ1n) is 6.42. The fourth-order valence-electron chi connectivity index (χ4n) is 1.71. The van der Waals surface area contributed by atoms with Gasteiger partial charge in [-0.3, -0.25) is 4.79 Å². The molecule has 1 amide bonds. The van der Waals surface area contributed by atoms with Crippen molar-refractivity contribution in [1.82, 2.24) is 5.32 Å². The van der Waals surface area contributed by atoms with Gasteiger partial charge in [-0.1, -0.05) is 35.6 Å². The zero-order valence-electron chi connectivity index (χ0n) is 11.2. The van der Waals surface area contributed by atoms with Gasteiger partial charge in [-0.05, 0) is 24.3 Å². The Morgan fingerprint density at radius 3 is 2.81 bits per heavy atom. The highest BCUT2D eigenvalue weighted by atomic mass is 35.5. The highest BCUT2D eigenvalue weighted by molar-refractivity contribution is 7.16. The van der Waals surface area contributed by atoms with Gasteiger partial charge in [0.25, 0.3) is 5.91 Å². The second-order valence-electron chi connectivity index (χ2n) is 4.21. The van der Waals surface area contributed by atoms with Crippen LogP contribution in [0, 0.1) is 11.8 Å². The van der Waals surface area contributed by atoms with Crippen LogP contribution in [0.2, 0.25) is 4.34 Å². The number of carbonyl (C=O) groups excluding carboxylic acids is 1. The maximum Gasteiger partial charge on any atom is 0.252 e. The first-order valence-corrected chi connectivity index (χ1v) is 7.61. The fourth-order valence-corrected chi connectivity index (χ4v) is 2.74. The standard InChI is InChI=1S/C16H14ClNO2S/c17-15-9-8-13(21-15)11-18-16(20)14-7-2-1-5-12(14)6-3-4-10-19/h1-2,5,7-9,19H,4,10-11H2,(H,18,20). The molecule has 0 radical (unpaired) electrons. The predicted octanol–water partition coefficient (Wildman–Crippen LogP) is 3.07. The van der Waals surface area contributed by atoms with E-state index in [1.807, 2.05) is 18.2 Å². The third-order valence-corrected chi connectivity index (χ3v) is 3.91. The number of thiophene rings is 1. The van der Waals surface area contributed by atoms with Gasteiger partial charge in [0.2, 0.25) is 0 Å². The molecule has 0 aliphatic heterocycles. The summed E-state index contributed by atoms with van der Waals surface area (Å²) >= 11 is 7.30. The van der Waals surface area contributed by atoms with Crippen molar-refractivity contribution in [3.63, 3.8) is 0 Å². The Morgan fingerprint density at radius 2 is 2.10 bits per heavy atom. The molecular formula is C16H14ClNO2S. The number of aliphatic hydroxyl groups excluding tert-OH is 1. The van der Waals surface area contributed by atoms with Crippen molar-refractivity contribution in [2.24, 2.45) is 0 Å². The van der Waals surface area contributed by atoms with Crippen molar-refractivity contribution >= 4 is 28.8 Å². The van der Waals surface area contributed by atoms with Crippen LogP contribution in [0.25, 0.3) is 0 Å². The van der Waals surface area contributed by atoms with Gasteiger partial charge in [0.05, 0.1) is 23.1 Å². The maximum absolute atomic E-state index is 12.2.